The van der Waals surface area contributed by atoms with E-state index in [2.05, 4.69) is 0 Å². The second-order valence-corrected chi connectivity index (χ2v) is 3.08. The van der Waals surface area contributed by atoms with Crippen molar-refractivity contribution in [2.45, 2.75) is 12.5 Å². The molecule has 0 saturated heterocycles. The van der Waals surface area contributed by atoms with E-state index in [0.717, 1.165) is 5.56 Å². The van der Waals surface area contributed by atoms with Crippen LogP contribution in [-0.2, 0) is 0 Å². The summed E-state index contributed by atoms with van der Waals surface area (Å²) in [4.78, 5) is 0. The third kappa shape index (κ3) is 2.61. The lowest BCUT2D eigenvalue weighted by Gasteiger charge is -2.14. The van der Waals surface area contributed by atoms with Crippen molar-refractivity contribution >= 4 is 0 Å². The van der Waals surface area contributed by atoms with Gasteiger partial charge in [-0.3, -0.25) is 0 Å². The van der Waals surface area contributed by atoms with E-state index in [0.29, 0.717) is 11.5 Å². The zero-order valence-electron chi connectivity index (χ0n) is 8.86. The molecular formula is C11H14N2O2. The van der Waals surface area contributed by atoms with Crippen molar-refractivity contribution in [2.75, 3.05) is 14.2 Å². The summed E-state index contributed by atoms with van der Waals surface area (Å²) < 4.78 is 10.3. The Morgan fingerprint density at radius 1 is 1.40 bits per heavy atom. The van der Waals surface area contributed by atoms with Gasteiger partial charge in [-0.2, -0.15) is 5.26 Å². The predicted molar refractivity (Wildman–Crippen MR) is 56.7 cm³/mol. The number of nitrogens with zero attached hydrogens (tertiary/aromatic N) is 1. The van der Waals surface area contributed by atoms with E-state index in [1.165, 1.54) is 0 Å². The number of hydrogen-bond donors (Lipinski definition) is 1. The van der Waals surface area contributed by atoms with Crippen LogP contribution in [0, 0.1) is 11.3 Å². The summed E-state index contributed by atoms with van der Waals surface area (Å²) in [6, 6.07) is 7.05. The molecule has 15 heavy (non-hydrogen) atoms. The lowest BCUT2D eigenvalue weighted by Crippen LogP contribution is -2.10. The average molecular weight is 206 g/mol. The molecule has 0 saturated carbocycles. The number of nitriles is 1. The highest BCUT2D eigenvalue weighted by molar-refractivity contribution is 5.42. The van der Waals surface area contributed by atoms with Crippen molar-refractivity contribution in [1.82, 2.24) is 0 Å². The summed E-state index contributed by atoms with van der Waals surface area (Å²) in [6.45, 7) is 0. The Balaban J connectivity index is 3.06. The average Bonchev–Trinajstić information content (AvgIpc) is 2.28. The van der Waals surface area contributed by atoms with Crippen LogP contribution in [-0.4, -0.2) is 14.2 Å². The first-order chi connectivity index (χ1) is 7.22. The maximum absolute atomic E-state index is 8.59. The molecule has 0 aliphatic carbocycles. The normalized spacial score (nSPS) is 11.6. The molecule has 1 unspecified atom stereocenters. The van der Waals surface area contributed by atoms with Gasteiger partial charge in [0.05, 0.1) is 26.7 Å². The molecule has 0 radical (unpaired) electrons. The van der Waals surface area contributed by atoms with Gasteiger partial charge in [-0.05, 0) is 18.2 Å². The van der Waals surface area contributed by atoms with E-state index in [9.17, 15) is 0 Å². The van der Waals surface area contributed by atoms with Gasteiger partial charge in [-0.1, -0.05) is 0 Å². The molecule has 1 rings (SSSR count). The molecule has 0 fully saturated rings. The fourth-order valence-corrected chi connectivity index (χ4v) is 1.34. The Labute approximate surface area is 89.2 Å². The fourth-order valence-electron chi connectivity index (χ4n) is 1.34. The van der Waals surface area contributed by atoms with Crippen LogP contribution in [0.15, 0.2) is 18.2 Å². The molecule has 2 N–H and O–H groups in total. The van der Waals surface area contributed by atoms with Crippen LogP contribution < -0.4 is 15.2 Å². The summed E-state index contributed by atoms with van der Waals surface area (Å²) in [7, 11) is 3.16. The molecule has 1 aromatic carbocycles. The lowest BCUT2D eigenvalue weighted by molar-refractivity contribution is 0.395. The quantitative estimate of drug-likeness (QED) is 0.812. The Morgan fingerprint density at radius 3 is 2.67 bits per heavy atom. The van der Waals surface area contributed by atoms with Gasteiger partial charge in [0.1, 0.15) is 11.5 Å². The zero-order chi connectivity index (χ0) is 11.3. The first kappa shape index (κ1) is 11.3. The van der Waals surface area contributed by atoms with Crippen LogP contribution >= 0.6 is 0 Å². The highest BCUT2D eigenvalue weighted by atomic mass is 16.5. The minimum Gasteiger partial charge on any atom is -0.497 e. The molecule has 80 valence electrons. The molecule has 4 nitrogen and oxygen atoms in total. The van der Waals surface area contributed by atoms with E-state index in [1.807, 2.05) is 6.07 Å². The number of hydrogen-bond acceptors (Lipinski definition) is 4. The SMILES string of the molecule is COc1ccc(OC)c(C(N)CC#N)c1. The third-order valence-corrected chi connectivity index (χ3v) is 2.15. The standard InChI is InChI=1S/C11H14N2O2/c1-14-8-3-4-11(15-2)9(7-8)10(13)5-6-12/h3-4,7,10H,5,13H2,1-2H3. The number of rotatable bonds is 4. The van der Waals surface area contributed by atoms with Crippen LogP contribution in [0.3, 0.4) is 0 Å². The number of nitrogens with two attached hydrogens (primary N) is 1. The Bertz CT molecular complexity index is 371. The number of ether oxygens (including phenoxy) is 2. The van der Waals surface area contributed by atoms with Crippen molar-refractivity contribution in [3.05, 3.63) is 23.8 Å². The van der Waals surface area contributed by atoms with Gasteiger partial charge in [-0.25, -0.2) is 0 Å². The first-order valence-corrected chi connectivity index (χ1v) is 4.57. The van der Waals surface area contributed by atoms with Crippen LogP contribution in [0.5, 0.6) is 11.5 Å². The second kappa shape index (κ2) is 5.23. The molecule has 0 heterocycles. The van der Waals surface area contributed by atoms with Gasteiger partial charge in [0.2, 0.25) is 0 Å². The zero-order valence-corrected chi connectivity index (χ0v) is 8.86. The minimum atomic E-state index is -0.347. The van der Waals surface area contributed by atoms with E-state index >= 15 is 0 Å². The molecule has 0 aliphatic rings. The van der Waals surface area contributed by atoms with E-state index in [-0.39, 0.29) is 12.5 Å². The van der Waals surface area contributed by atoms with Crippen molar-refractivity contribution in [3.8, 4) is 17.6 Å². The molecule has 0 spiro atoms. The van der Waals surface area contributed by atoms with Crippen molar-refractivity contribution < 1.29 is 9.47 Å². The fraction of sp³-hybridized carbons (Fsp3) is 0.364. The molecular weight excluding hydrogens is 192 g/mol. The summed E-state index contributed by atoms with van der Waals surface area (Å²) in [5.41, 5.74) is 6.64. The maximum atomic E-state index is 8.59. The summed E-state index contributed by atoms with van der Waals surface area (Å²) in [5.74, 6) is 1.39. The largest absolute Gasteiger partial charge is 0.497 e. The summed E-state index contributed by atoms with van der Waals surface area (Å²) in [5, 5.41) is 8.59. The molecule has 1 atom stereocenters. The summed E-state index contributed by atoms with van der Waals surface area (Å²) >= 11 is 0. The van der Waals surface area contributed by atoms with Gasteiger partial charge in [0.25, 0.3) is 0 Å². The Kier molecular flexibility index (Phi) is 3.95. The van der Waals surface area contributed by atoms with Crippen LogP contribution in [0.25, 0.3) is 0 Å². The topological polar surface area (TPSA) is 68.3 Å². The van der Waals surface area contributed by atoms with E-state index < -0.39 is 0 Å². The smallest absolute Gasteiger partial charge is 0.123 e. The van der Waals surface area contributed by atoms with Crippen molar-refractivity contribution in [3.63, 3.8) is 0 Å². The summed E-state index contributed by atoms with van der Waals surface area (Å²) in [6.07, 6.45) is 0.253. The highest BCUT2D eigenvalue weighted by Crippen LogP contribution is 2.29. The van der Waals surface area contributed by atoms with Crippen molar-refractivity contribution in [2.24, 2.45) is 5.73 Å². The maximum Gasteiger partial charge on any atom is 0.123 e. The molecule has 0 amide bonds. The third-order valence-electron chi connectivity index (χ3n) is 2.15. The van der Waals surface area contributed by atoms with Gasteiger partial charge in [-0.15, -0.1) is 0 Å². The van der Waals surface area contributed by atoms with Crippen LogP contribution in [0.2, 0.25) is 0 Å². The van der Waals surface area contributed by atoms with Crippen molar-refractivity contribution in [1.29, 1.82) is 5.26 Å². The Hall–Kier alpha value is -1.73. The van der Waals surface area contributed by atoms with Gasteiger partial charge < -0.3 is 15.2 Å². The van der Waals surface area contributed by atoms with Gasteiger partial charge in [0.15, 0.2) is 0 Å². The second-order valence-electron chi connectivity index (χ2n) is 3.08. The molecule has 0 bridgehead atoms. The minimum absolute atomic E-state index is 0.253. The number of methoxy groups -OCH3 is 2. The number of benzene rings is 1. The lowest BCUT2D eigenvalue weighted by atomic mass is 10.0. The van der Waals surface area contributed by atoms with Crippen LogP contribution in [0.4, 0.5) is 0 Å². The van der Waals surface area contributed by atoms with Gasteiger partial charge in [0, 0.05) is 11.6 Å². The Morgan fingerprint density at radius 2 is 2.13 bits per heavy atom. The molecule has 4 heteroatoms. The molecule has 1 aromatic rings. The van der Waals surface area contributed by atoms with Gasteiger partial charge >= 0.3 is 0 Å². The highest BCUT2D eigenvalue weighted by Gasteiger charge is 2.12. The first-order valence-electron chi connectivity index (χ1n) is 4.57. The molecule has 0 aliphatic heterocycles. The predicted octanol–water partition coefficient (Wildman–Crippen LogP) is 1.62. The van der Waals surface area contributed by atoms with E-state index in [1.54, 1.807) is 32.4 Å². The van der Waals surface area contributed by atoms with Crippen LogP contribution in [0.1, 0.15) is 18.0 Å². The molecule has 0 aromatic heterocycles. The monoisotopic (exact) mass is 206 g/mol. The van der Waals surface area contributed by atoms with E-state index in [4.69, 9.17) is 20.5 Å².